The molecule has 1 fully saturated rings. The third-order valence-corrected chi connectivity index (χ3v) is 6.13. The number of likely N-dealkylation sites (tertiary alicyclic amines) is 1. The SMILES string of the molecule is Cc1cnccc1-c1cnc(N(C)C)nc1[C@@H]1CCCCN1C(=O)CCc1ccccc1. The van der Waals surface area contributed by atoms with Crippen molar-refractivity contribution in [1.29, 1.82) is 0 Å². The van der Waals surface area contributed by atoms with Crippen LogP contribution in [0.4, 0.5) is 5.95 Å². The van der Waals surface area contributed by atoms with Gasteiger partial charge in [-0.3, -0.25) is 9.78 Å². The van der Waals surface area contributed by atoms with Crippen molar-refractivity contribution in [3.8, 4) is 11.1 Å². The molecular weight excluding hydrogens is 398 g/mol. The predicted molar refractivity (Wildman–Crippen MR) is 127 cm³/mol. The summed E-state index contributed by atoms with van der Waals surface area (Å²) in [5, 5.41) is 0. The van der Waals surface area contributed by atoms with E-state index in [0.29, 0.717) is 12.4 Å². The van der Waals surface area contributed by atoms with E-state index in [4.69, 9.17) is 4.98 Å². The molecule has 0 radical (unpaired) electrons. The Morgan fingerprint density at radius 3 is 2.66 bits per heavy atom. The number of benzene rings is 1. The second-order valence-corrected chi connectivity index (χ2v) is 8.64. The van der Waals surface area contributed by atoms with Crippen molar-refractivity contribution in [3.05, 3.63) is 71.8 Å². The molecule has 6 nitrogen and oxygen atoms in total. The van der Waals surface area contributed by atoms with Gasteiger partial charge in [-0.2, -0.15) is 0 Å². The van der Waals surface area contributed by atoms with Crippen LogP contribution in [0.3, 0.4) is 0 Å². The molecule has 0 saturated carbocycles. The van der Waals surface area contributed by atoms with Crippen LogP contribution in [0.2, 0.25) is 0 Å². The first-order valence-electron chi connectivity index (χ1n) is 11.3. The number of piperidine rings is 1. The van der Waals surface area contributed by atoms with Crippen molar-refractivity contribution >= 4 is 11.9 Å². The Kier molecular flexibility index (Phi) is 6.78. The highest BCUT2D eigenvalue weighted by Crippen LogP contribution is 2.37. The quantitative estimate of drug-likeness (QED) is 0.573. The maximum absolute atomic E-state index is 13.4. The zero-order chi connectivity index (χ0) is 22.5. The topological polar surface area (TPSA) is 62.2 Å². The van der Waals surface area contributed by atoms with E-state index in [9.17, 15) is 4.79 Å². The molecule has 3 heterocycles. The van der Waals surface area contributed by atoms with Gasteiger partial charge in [0.1, 0.15) is 0 Å². The number of carbonyl (C=O) groups is 1. The summed E-state index contributed by atoms with van der Waals surface area (Å²) in [6.45, 7) is 2.82. The Hall–Kier alpha value is -3.28. The summed E-state index contributed by atoms with van der Waals surface area (Å²) in [6, 6.07) is 12.2. The molecule has 0 bridgehead atoms. The molecule has 1 aromatic carbocycles. The highest BCUT2D eigenvalue weighted by Gasteiger charge is 2.31. The number of aromatic nitrogens is 3. The van der Waals surface area contributed by atoms with Gasteiger partial charge in [-0.25, -0.2) is 9.97 Å². The van der Waals surface area contributed by atoms with Crippen LogP contribution in [0.1, 0.15) is 48.5 Å². The minimum absolute atomic E-state index is 0.0451. The van der Waals surface area contributed by atoms with Crippen LogP contribution >= 0.6 is 0 Å². The summed E-state index contributed by atoms with van der Waals surface area (Å²) in [5.74, 6) is 0.860. The Balaban J connectivity index is 1.68. The van der Waals surface area contributed by atoms with Crippen LogP contribution < -0.4 is 4.90 Å². The fourth-order valence-electron chi connectivity index (χ4n) is 4.39. The third-order valence-electron chi connectivity index (χ3n) is 6.13. The van der Waals surface area contributed by atoms with E-state index in [1.807, 2.05) is 60.6 Å². The van der Waals surface area contributed by atoms with Crippen LogP contribution in [0.15, 0.2) is 55.0 Å². The van der Waals surface area contributed by atoms with Crippen molar-refractivity contribution in [1.82, 2.24) is 19.9 Å². The highest BCUT2D eigenvalue weighted by molar-refractivity contribution is 5.78. The molecular formula is C26H31N5O. The lowest BCUT2D eigenvalue weighted by atomic mass is 9.92. The fourth-order valence-corrected chi connectivity index (χ4v) is 4.39. The molecule has 32 heavy (non-hydrogen) atoms. The van der Waals surface area contributed by atoms with Gasteiger partial charge in [0.15, 0.2) is 0 Å². The monoisotopic (exact) mass is 429 g/mol. The van der Waals surface area contributed by atoms with Crippen molar-refractivity contribution in [2.45, 2.75) is 45.1 Å². The van der Waals surface area contributed by atoms with E-state index < -0.39 is 0 Å². The molecule has 1 aliphatic heterocycles. The van der Waals surface area contributed by atoms with Crippen molar-refractivity contribution in [2.75, 3.05) is 25.5 Å². The second-order valence-electron chi connectivity index (χ2n) is 8.64. The van der Waals surface area contributed by atoms with Crippen LogP contribution in [-0.4, -0.2) is 46.4 Å². The van der Waals surface area contributed by atoms with Gasteiger partial charge in [0, 0.05) is 51.2 Å². The van der Waals surface area contributed by atoms with Gasteiger partial charge in [0.25, 0.3) is 0 Å². The highest BCUT2D eigenvalue weighted by atomic mass is 16.2. The van der Waals surface area contributed by atoms with Gasteiger partial charge in [-0.1, -0.05) is 30.3 Å². The molecule has 2 aromatic heterocycles. The molecule has 1 saturated heterocycles. The fraction of sp³-hybridized carbons (Fsp3) is 0.385. The Labute approximate surface area is 190 Å². The maximum atomic E-state index is 13.4. The largest absolute Gasteiger partial charge is 0.347 e. The first-order valence-corrected chi connectivity index (χ1v) is 11.3. The smallest absolute Gasteiger partial charge is 0.225 e. The number of anilines is 1. The number of carbonyl (C=O) groups excluding carboxylic acids is 1. The number of hydrogen-bond acceptors (Lipinski definition) is 5. The van der Waals surface area contributed by atoms with E-state index in [-0.39, 0.29) is 11.9 Å². The second kappa shape index (κ2) is 9.90. The standard InChI is InChI=1S/C26H31N5O/c1-19-17-27-15-14-21(19)22-18-28-26(30(2)3)29-25(22)23-11-7-8-16-31(23)24(32)13-12-20-9-5-4-6-10-20/h4-6,9-10,14-15,17-18,23H,7-8,11-13,16H2,1-3H3/t23-/m0/s1. The van der Waals surface area contributed by atoms with E-state index >= 15 is 0 Å². The zero-order valence-corrected chi connectivity index (χ0v) is 19.2. The average molecular weight is 430 g/mol. The van der Waals surface area contributed by atoms with E-state index in [1.165, 1.54) is 5.56 Å². The van der Waals surface area contributed by atoms with Gasteiger partial charge in [-0.15, -0.1) is 0 Å². The summed E-state index contributed by atoms with van der Waals surface area (Å²) in [7, 11) is 3.89. The minimum atomic E-state index is -0.0451. The van der Waals surface area contributed by atoms with Crippen LogP contribution in [0.25, 0.3) is 11.1 Å². The van der Waals surface area contributed by atoms with Gasteiger partial charge in [-0.05, 0) is 55.4 Å². The normalized spacial score (nSPS) is 16.1. The lowest BCUT2D eigenvalue weighted by molar-refractivity contribution is -0.135. The van der Waals surface area contributed by atoms with E-state index in [2.05, 4.69) is 29.0 Å². The van der Waals surface area contributed by atoms with Crippen LogP contribution in [0.5, 0.6) is 0 Å². The summed E-state index contributed by atoms with van der Waals surface area (Å²) in [4.78, 5) is 31.1. The molecule has 1 amide bonds. The Morgan fingerprint density at radius 1 is 1.09 bits per heavy atom. The van der Waals surface area contributed by atoms with Crippen molar-refractivity contribution < 1.29 is 4.79 Å². The number of amides is 1. The molecule has 0 unspecified atom stereocenters. The van der Waals surface area contributed by atoms with E-state index in [1.54, 1.807) is 6.20 Å². The van der Waals surface area contributed by atoms with Gasteiger partial charge in [0.05, 0.1) is 11.7 Å². The molecule has 6 heteroatoms. The molecule has 166 valence electrons. The van der Waals surface area contributed by atoms with E-state index in [0.717, 1.165) is 54.6 Å². The lowest BCUT2D eigenvalue weighted by Crippen LogP contribution is -2.39. The Bertz CT molecular complexity index is 1070. The number of nitrogens with zero attached hydrogens (tertiary/aromatic N) is 5. The van der Waals surface area contributed by atoms with Gasteiger partial charge >= 0.3 is 0 Å². The third kappa shape index (κ3) is 4.79. The summed E-state index contributed by atoms with van der Waals surface area (Å²) in [6.07, 6.45) is 9.87. The molecule has 4 rings (SSSR count). The Morgan fingerprint density at radius 2 is 1.91 bits per heavy atom. The molecule has 1 atom stereocenters. The summed E-state index contributed by atoms with van der Waals surface area (Å²) >= 11 is 0. The first-order chi connectivity index (χ1) is 15.5. The number of rotatable bonds is 6. The van der Waals surface area contributed by atoms with Crippen molar-refractivity contribution in [3.63, 3.8) is 0 Å². The summed E-state index contributed by atoms with van der Waals surface area (Å²) in [5.41, 5.74) is 5.27. The van der Waals surface area contributed by atoms with Gasteiger partial charge < -0.3 is 9.80 Å². The molecule has 0 spiro atoms. The maximum Gasteiger partial charge on any atom is 0.225 e. The molecule has 0 aliphatic carbocycles. The average Bonchev–Trinajstić information content (AvgIpc) is 2.83. The molecule has 1 aliphatic rings. The summed E-state index contributed by atoms with van der Waals surface area (Å²) < 4.78 is 0. The van der Waals surface area contributed by atoms with Crippen LogP contribution in [0, 0.1) is 6.92 Å². The molecule has 0 N–H and O–H groups in total. The number of pyridine rings is 1. The van der Waals surface area contributed by atoms with Gasteiger partial charge in [0.2, 0.25) is 11.9 Å². The zero-order valence-electron chi connectivity index (χ0n) is 19.2. The van der Waals surface area contributed by atoms with Crippen molar-refractivity contribution in [2.24, 2.45) is 0 Å². The molecule has 3 aromatic rings. The predicted octanol–water partition coefficient (Wildman–Crippen LogP) is 4.60. The minimum Gasteiger partial charge on any atom is -0.347 e. The number of aryl methyl sites for hydroxylation is 2. The lowest BCUT2D eigenvalue weighted by Gasteiger charge is -2.36. The first kappa shape index (κ1) is 21.9. The van der Waals surface area contributed by atoms with Crippen LogP contribution in [-0.2, 0) is 11.2 Å². The number of hydrogen-bond donors (Lipinski definition) is 0.